The number of anilines is 2. The molecule has 0 spiro atoms. The lowest BCUT2D eigenvalue weighted by Gasteiger charge is -2.29. The normalized spacial score (nSPS) is 17.1. The molecule has 27 heavy (non-hydrogen) atoms. The Morgan fingerprint density at radius 1 is 0.889 bits per heavy atom. The minimum absolute atomic E-state index is 0.129. The molecule has 0 fully saturated rings. The van der Waals surface area contributed by atoms with Crippen LogP contribution in [0.5, 0.6) is 5.75 Å². The van der Waals surface area contributed by atoms with E-state index in [0.29, 0.717) is 21.9 Å². The SMILES string of the molecule is O=C1/C(=C/Nc2ccccc2)[C@@H](Nc2ccccc2)Oc2ccc(Cl)cc21. The highest BCUT2D eigenvalue weighted by molar-refractivity contribution is 6.31. The first-order valence-corrected chi connectivity index (χ1v) is 8.92. The first-order chi connectivity index (χ1) is 13.2. The average molecular weight is 377 g/mol. The van der Waals surface area contributed by atoms with Crippen LogP contribution in [0.2, 0.25) is 5.02 Å². The molecule has 1 heterocycles. The highest BCUT2D eigenvalue weighted by Gasteiger charge is 2.32. The fourth-order valence-electron chi connectivity index (χ4n) is 2.88. The van der Waals surface area contributed by atoms with Crippen LogP contribution in [0.4, 0.5) is 11.4 Å². The van der Waals surface area contributed by atoms with Crippen molar-refractivity contribution in [3.05, 3.63) is 101 Å². The van der Waals surface area contributed by atoms with E-state index < -0.39 is 6.23 Å². The maximum absolute atomic E-state index is 13.1. The van der Waals surface area contributed by atoms with Crippen LogP contribution in [0, 0.1) is 0 Å². The third-order valence-electron chi connectivity index (χ3n) is 4.22. The smallest absolute Gasteiger partial charge is 0.201 e. The van der Waals surface area contributed by atoms with Crippen LogP contribution in [0.3, 0.4) is 0 Å². The molecule has 0 saturated carbocycles. The zero-order chi connectivity index (χ0) is 18.6. The number of ketones is 1. The van der Waals surface area contributed by atoms with Gasteiger partial charge in [0.1, 0.15) is 5.75 Å². The number of carbonyl (C=O) groups excluding carboxylic acids is 1. The minimum atomic E-state index is -0.621. The predicted molar refractivity (Wildman–Crippen MR) is 108 cm³/mol. The number of halogens is 1. The van der Waals surface area contributed by atoms with Gasteiger partial charge in [0.05, 0.1) is 11.1 Å². The molecule has 0 unspecified atom stereocenters. The lowest BCUT2D eigenvalue weighted by atomic mass is 9.98. The number of fused-ring (bicyclic) bond motifs is 1. The zero-order valence-electron chi connectivity index (χ0n) is 14.4. The molecule has 0 amide bonds. The Kier molecular flexibility index (Phi) is 4.81. The van der Waals surface area contributed by atoms with E-state index in [1.165, 1.54) is 0 Å². The molecule has 0 radical (unpaired) electrons. The van der Waals surface area contributed by atoms with Crippen molar-refractivity contribution >= 4 is 28.8 Å². The molecule has 1 aliphatic rings. The van der Waals surface area contributed by atoms with Gasteiger partial charge in [0, 0.05) is 22.6 Å². The molecule has 1 aliphatic heterocycles. The lowest BCUT2D eigenvalue weighted by molar-refractivity contribution is 0.0973. The summed E-state index contributed by atoms with van der Waals surface area (Å²) in [6.07, 6.45) is 1.06. The van der Waals surface area contributed by atoms with Gasteiger partial charge in [0.2, 0.25) is 6.23 Å². The number of rotatable bonds is 4. The maximum atomic E-state index is 13.1. The van der Waals surface area contributed by atoms with E-state index in [2.05, 4.69) is 10.6 Å². The molecule has 0 aliphatic carbocycles. The Morgan fingerprint density at radius 2 is 1.56 bits per heavy atom. The number of carbonyl (C=O) groups is 1. The molecule has 3 aromatic rings. The summed E-state index contributed by atoms with van der Waals surface area (Å²) in [6, 6.07) is 24.3. The summed E-state index contributed by atoms with van der Waals surface area (Å²) in [4.78, 5) is 13.1. The molecular weight excluding hydrogens is 360 g/mol. The van der Waals surface area contributed by atoms with Gasteiger partial charge in [-0.25, -0.2) is 0 Å². The van der Waals surface area contributed by atoms with Crippen molar-refractivity contribution in [1.29, 1.82) is 0 Å². The van der Waals surface area contributed by atoms with Crippen LogP contribution in [0.15, 0.2) is 90.6 Å². The molecule has 0 aromatic heterocycles. The number of para-hydroxylation sites is 2. The van der Waals surface area contributed by atoms with Gasteiger partial charge in [0.15, 0.2) is 5.78 Å². The summed E-state index contributed by atoms with van der Waals surface area (Å²) in [6.45, 7) is 0. The van der Waals surface area contributed by atoms with Crippen LogP contribution in [-0.2, 0) is 0 Å². The second kappa shape index (κ2) is 7.56. The Balaban J connectivity index is 1.69. The molecule has 0 bridgehead atoms. The monoisotopic (exact) mass is 376 g/mol. The van der Waals surface area contributed by atoms with Gasteiger partial charge in [-0.3, -0.25) is 4.79 Å². The van der Waals surface area contributed by atoms with Gasteiger partial charge < -0.3 is 15.4 Å². The van der Waals surface area contributed by atoms with Gasteiger partial charge in [-0.1, -0.05) is 48.0 Å². The molecule has 2 N–H and O–H groups in total. The van der Waals surface area contributed by atoms with Gasteiger partial charge >= 0.3 is 0 Å². The molecule has 1 atom stereocenters. The van der Waals surface area contributed by atoms with E-state index in [0.717, 1.165) is 11.4 Å². The first kappa shape index (κ1) is 17.2. The van der Waals surface area contributed by atoms with Crippen molar-refractivity contribution in [3.8, 4) is 5.75 Å². The molecule has 5 heteroatoms. The van der Waals surface area contributed by atoms with Crippen molar-refractivity contribution in [3.63, 3.8) is 0 Å². The number of Topliss-reactive ketones (excluding diaryl/α,β-unsaturated/α-hetero) is 1. The van der Waals surface area contributed by atoms with Crippen molar-refractivity contribution < 1.29 is 9.53 Å². The molecule has 134 valence electrons. The topological polar surface area (TPSA) is 50.4 Å². The van der Waals surface area contributed by atoms with Crippen molar-refractivity contribution in [1.82, 2.24) is 0 Å². The maximum Gasteiger partial charge on any atom is 0.201 e. The molecule has 4 rings (SSSR count). The van der Waals surface area contributed by atoms with Crippen molar-refractivity contribution in [2.75, 3.05) is 10.6 Å². The number of hydrogen-bond donors (Lipinski definition) is 2. The second-order valence-corrected chi connectivity index (χ2v) is 6.52. The van der Waals surface area contributed by atoms with E-state index in [-0.39, 0.29) is 5.78 Å². The van der Waals surface area contributed by atoms with Crippen LogP contribution in [-0.4, -0.2) is 12.0 Å². The van der Waals surface area contributed by atoms with E-state index >= 15 is 0 Å². The Morgan fingerprint density at radius 3 is 2.26 bits per heavy atom. The van der Waals surface area contributed by atoms with Crippen molar-refractivity contribution in [2.24, 2.45) is 0 Å². The third kappa shape index (κ3) is 3.81. The third-order valence-corrected chi connectivity index (χ3v) is 4.45. The van der Waals surface area contributed by atoms with Crippen LogP contribution >= 0.6 is 11.6 Å². The quantitative estimate of drug-likeness (QED) is 0.603. The fraction of sp³-hybridized carbons (Fsp3) is 0.0455. The van der Waals surface area contributed by atoms with Gasteiger partial charge in [-0.05, 0) is 42.5 Å². The average Bonchev–Trinajstić information content (AvgIpc) is 2.70. The highest BCUT2D eigenvalue weighted by atomic mass is 35.5. The van der Waals surface area contributed by atoms with Gasteiger partial charge in [-0.2, -0.15) is 0 Å². The number of ether oxygens (including phenoxy) is 1. The minimum Gasteiger partial charge on any atom is -0.466 e. The fourth-order valence-corrected chi connectivity index (χ4v) is 3.05. The number of nitrogens with one attached hydrogen (secondary N) is 2. The van der Waals surface area contributed by atoms with E-state index in [1.807, 2.05) is 60.7 Å². The summed E-state index contributed by atoms with van der Waals surface area (Å²) < 4.78 is 6.06. The Labute approximate surface area is 162 Å². The predicted octanol–water partition coefficient (Wildman–Crippen LogP) is 5.35. The summed E-state index contributed by atoms with van der Waals surface area (Å²) in [5.74, 6) is 0.380. The Hall–Kier alpha value is -3.24. The highest BCUT2D eigenvalue weighted by Crippen LogP contribution is 2.33. The summed E-state index contributed by atoms with van der Waals surface area (Å²) >= 11 is 6.07. The largest absolute Gasteiger partial charge is 0.466 e. The van der Waals surface area contributed by atoms with Crippen LogP contribution < -0.4 is 15.4 Å². The van der Waals surface area contributed by atoms with Gasteiger partial charge in [0.25, 0.3) is 0 Å². The number of benzene rings is 3. The van der Waals surface area contributed by atoms with Crippen LogP contribution in [0.25, 0.3) is 0 Å². The molecule has 4 nitrogen and oxygen atoms in total. The molecule has 0 saturated heterocycles. The van der Waals surface area contributed by atoms with Crippen LogP contribution in [0.1, 0.15) is 10.4 Å². The number of hydrogen-bond acceptors (Lipinski definition) is 4. The zero-order valence-corrected chi connectivity index (χ0v) is 15.1. The summed E-state index contributed by atoms with van der Waals surface area (Å²) in [5.41, 5.74) is 2.67. The Bertz CT molecular complexity index is 988. The first-order valence-electron chi connectivity index (χ1n) is 8.55. The van der Waals surface area contributed by atoms with E-state index in [9.17, 15) is 4.79 Å². The second-order valence-electron chi connectivity index (χ2n) is 6.09. The van der Waals surface area contributed by atoms with Gasteiger partial charge in [-0.15, -0.1) is 0 Å². The van der Waals surface area contributed by atoms with E-state index in [4.69, 9.17) is 16.3 Å². The summed E-state index contributed by atoms with van der Waals surface area (Å²) in [5, 5.41) is 6.93. The molecule has 3 aromatic carbocycles. The van der Waals surface area contributed by atoms with Crippen molar-refractivity contribution in [2.45, 2.75) is 6.23 Å². The molecular formula is C22H17ClN2O2. The standard InChI is InChI=1S/C22H17ClN2O2/c23-15-11-12-20-18(13-15)21(26)19(14-24-16-7-3-1-4-8-16)22(27-20)25-17-9-5-2-6-10-17/h1-14,22,24-25H/b19-14-/t22-/m0/s1. The summed E-state index contributed by atoms with van der Waals surface area (Å²) in [7, 11) is 0. The van der Waals surface area contributed by atoms with E-state index in [1.54, 1.807) is 24.4 Å². The lowest BCUT2D eigenvalue weighted by Crippen LogP contribution is -2.37.